The van der Waals surface area contributed by atoms with Crippen molar-refractivity contribution in [2.45, 2.75) is 58.6 Å². The molecule has 0 aromatic rings. The number of carbonyl (C=O) groups excluding carboxylic acids is 2. The number of nitrogens with one attached hydrogen (secondary N) is 1. The van der Waals surface area contributed by atoms with Gasteiger partial charge in [-0.3, -0.25) is 14.4 Å². The minimum absolute atomic E-state index is 0.152. The van der Waals surface area contributed by atoms with Gasteiger partial charge in [-0.2, -0.15) is 0 Å². The van der Waals surface area contributed by atoms with Gasteiger partial charge in [0, 0.05) is 0 Å². The number of unbranched alkanes of at least 4 members (excludes halogenated alkanes) is 1. The van der Waals surface area contributed by atoms with Crippen LogP contribution in [0, 0.1) is 0 Å². The summed E-state index contributed by atoms with van der Waals surface area (Å²) in [5, 5.41) is 0. The predicted molar refractivity (Wildman–Crippen MR) is 67.4 cm³/mol. The number of amides is 1. The first-order chi connectivity index (χ1) is 8.26. The Morgan fingerprint density at radius 3 is 2.44 bits per heavy atom. The highest BCUT2D eigenvalue weighted by Gasteiger charge is 2.20. The molecule has 0 radical (unpaired) electrons. The van der Waals surface area contributed by atoms with Crippen LogP contribution in [0.4, 0.5) is 0 Å². The van der Waals surface area contributed by atoms with Crippen molar-refractivity contribution in [2.24, 2.45) is 5.73 Å². The molecule has 0 aliphatic rings. The van der Waals surface area contributed by atoms with Crippen molar-refractivity contribution in [1.82, 2.24) is 5.48 Å². The largest absolute Gasteiger partial charge is 0.465 e. The Morgan fingerprint density at radius 1 is 1.33 bits per heavy atom. The van der Waals surface area contributed by atoms with E-state index < -0.39 is 23.5 Å². The van der Waals surface area contributed by atoms with Crippen LogP contribution in [0.5, 0.6) is 0 Å². The number of ether oxygens (including phenoxy) is 1. The van der Waals surface area contributed by atoms with Gasteiger partial charge in [-0.25, -0.2) is 5.48 Å². The molecule has 0 spiro atoms. The average molecular weight is 260 g/mol. The van der Waals surface area contributed by atoms with E-state index in [2.05, 4.69) is 5.48 Å². The van der Waals surface area contributed by atoms with Gasteiger partial charge in [-0.15, -0.1) is 0 Å². The Bertz CT molecular complexity index is 274. The van der Waals surface area contributed by atoms with Crippen LogP contribution >= 0.6 is 0 Å². The zero-order valence-corrected chi connectivity index (χ0v) is 11.6. The van der Waals surface area contributed by atoms with Crippen LogP contribution in [-0.2, 0) is 19.2 Å². The quantitative estimate of drug-likeness (QED) is 0.403. The zero-order chi connectivity index (χ0) is 14.2. The third-order valence-electron chi connectivity index (χ3n) is 1.92. The van der Waals surface area contributed by atoms with Crippen LogP contribution in [0.2, 0.25) is 0 Å². The van der Waals surface area contributed by atoms with Gasteiger partial charge in [-0.05, 0) is 27.2 Å². The summed E-state index contributed by atoms with van der Waals surface area (Å²) in [5.41, 5.74) is 7.31. The number of carbonyl (C=O) groups is 2. The standard InChI is InChI=1S/C12H24N2O4/c1-5-6-7-17-11(16)9(13)8-10(15)14-18-12(2,3)4/h9H,5-8,13H2,1-4H3,(H,14,15)/t9-/m0/s1. The maximum atomic E-state index is 11.4. The van der Waals surface area contributed by atoms with Crippen molar-refractivity contribution < 1.29 is 19.2 Å². The maximum absolute atomic E-state index is 11.4. The van der Waals surface area contributed by atoms with E-state index in [4.69, 9.17) is 15.3 Å². The summed E-state index contributed by atoms with van der Waals surface area (Å²) in [5.74, 6) is -1.00. The van der Waals surface area contributed by atoms with E-state index in [0.717, 1.165) is 12.8 Å². The molecule has 0 rings (SSSR count). The molecule has 0 heterocycles. The summed E-state index contributed by atoms with van der Waals surface area (Å²) >= 11 is 0. The van der Waals surface area contributed by atoms with E-state index in [0.29, 0.717) is 6.61 Å². The van der Waals surface area contributed by atoms with Crippen LogP contribution in [0.15, 0.2) is 0 Å². The highest BCUT2D eigenvalue weighted by molar-refractivity contribution is 5.84. The molecular weight excluding hydrogens is 236 g/mol. The maximum Gasteiger partial charge on any atom is 0.323 e. The van der Waals surface area contributed by atoms with Gasteiger partial charge in [-0.1, -0.05) is 13.3 Å². The zero-order valence-electron chi connectivity index (χ0n) is 11.6. The molecule has 1 atom stereocenters. The Kier molecular flexibility index (Phi) is 7.54. The Hall–Kier alpha value is -1.14. The second-order valence-corrected chi connectivity index (χ2v) is 5.07. The first-order valence-electron chi connectivity index (χ1n) is 6.15. The minimum atomic E-state index is -0.953. The molecule has 0 saturated carbocycles. The molecule has 0 bridgehead atoms. The Balaban J connectivity index is 3.88. The first kappa shape index (κ1) is 16.9. The number of esters is 1. The molecule has 0 aliphatic carbocycles. The van der Waals surface area contributed by atoms with Crippen LogP contribution in [-0.4, -0.2) is 30.1 Å². The molecule has 18 heavy (non-hydrogen) atoms. The molecule has 0 aromatic heterocycles. The summed E-state index contributed by atoms with van der Waals surface area (Å²) in [6.07, 6.45) is 1.57. The fourth-order valence-electron chi connectivity index (χ4n) is 0.959. The number of hydrogen-bond donors (Lipinski definition) is 2. The molecule has 0 aliphatic heterocycles. The summed E-state index contributed by atoms with van der Waals surface area (Å²) in [4.78, 5) is 27.9. The van der Waals surface area contributed by atoms with Crippen molar-refractivity contribution in [3.63, 3.8) is 0 Å². The lowest BCUT2D eigenvalue weighted by molar-refractivity contribution is -0.152. The summed E-state index contributed by atoms with van der Waals surface area (Å²) in [7, 11) is 0. The van der Waals surface area contributed by atoms with Gasteiger partial charge in [0.1, 0.15) is 6.04 Å². The molecule has 0 saturated heterocycles. The van der Waals surface area contributed by atoms with Gasteiger partial charge in [0.25, 0.3) is 0 Å². The summed E-state index contributed by atoms with van der Waals surface area (Å²) < 4.78 is 4.91. The monoisotopic (exact) mass is 260 g/mol. The van der Waals surface area contributed by atoms with Gasteiger partial charge in [0.15, 0.2) is 0 Å². The molecule has 0 fully saturated rings. The van der Waals surface area contributed by atoms with Crippen molar-refractivity contribution in [1.29, 1.82) is 0 Å². The van der Waals surface area contributed by atoms with E-state index >= 15 is 0 Å². The highest BCUT2D eigenvalue weighted by atomic mass is 16.7. The average Bonchev–Trinajstić information content (AvgIpc) is 2.25. The van der Waals surface area contributed by atoms with Gasteiger partial charge >= 0.3 is 5.97 Å². The van der Waals surface area contributed by atoms with E-state index in [1.165, 1.54) is 0 Å². The fourth-order valence-corrected chi connectivity index (χ4v) is 0.959. The number of hydrogen-bond acceptors (Lipinski definition) is 5. The molecular formula is C12H24N2O4. The molecule has 106 valence electrons. The van der Waals surface area contributed by atoms with Crippen LogP contribution in [0.3, 0.4) is 0 Å². The van der Waals surface area contributed by atoms with Crippen molar-refractivity contribution >= 4 is 11.9 Å². The lowest BCUT2D eigenvalue weighted by Gasteiger charge is -2.19. The fraction of sp³-hybridized carbons (Fsp3) is 0.833. The molecule has 6 nitrogen and oxygen atoms in total. The predicted octanol–water partition coefficient (Wildman–Crippen LogP) is 0.893. The molecule has 6 heteroatoms. The second kappa shape index (κ2) is 8.05. The Labute approximate surface area is 108 Å². The van der Waals surface area contributed by atoms with E-state index in [-0.39, 0.29) is 6.42 Å². The smallest absolute Gasteiger partial charge is 0.323 e. The third kappa shape index (κ3) is 8.95. The lowest BCUT2D eigenvalue weighted by atomic mass is 10.2. The van der Waals surface area contributed by atoms with Crippen LogP contribution in [0.1, 0.15) is 47.0 Å². The van der Waals surface area contributed by atoms with E-state index in [9.17, 15) is 9.59 Å². The molecule has 3 N–H and O–H groups in total. The van der Waals surface area contributed by atoms with Crippen molar-refractivity contribution in [3.05, 3.63) is 0 Å². The third-order valence-corrected chi connectivity index (χ3v) is 1.92. The van der Waals surface area contributed by atoms with Crippen LogP contribution in [0.25, 0.3) is 0 Å². The number of nitrogens with two attached hydrogens (primary N) is 1. The van der Waals surface area contributed by atoms with Gasteiger partial charge < -0.3 is 10.5 Å². The molecule has 0 unspecified atom stereocenters. The molecule has 0 aromatic carbocycles. The highest BCUT2D eigenvalue weighted by Crippen LogP contribution is 2.04. The normalized spacial score (nSPS) is 12.9. The van der Waals surface area contributed by atoms with Gasteiger partial charge in [0.05, 0.1) is 18.6 Å². The number of hydroxylamine groups is 1. The van der Waals surface area contributed by atoms with E-state index in [1.807, 2.05) is 6.92 Å². The topological polar surface area (TPSA) is 90.7 Å². The summed E-state index contributed by atoms with van der Waals surface area (Å²) in [6, 6.07) is -0.953. The Morgan fingerprint density at radius 2 is 1.94 bits per heavy atom. The van der Waals surface area contributed by atoms with E-state index in [1.54, 1.807) is 20.8 Å². The second-order valence-electron chi connectivity index (χ2n) is 5.07. The number of rotatable bonds is 7. The lowest BCUT2D eigenvalue weighted by Crippen LogP contribution is -2.40. The first-order valence-corrected chi connectivity index (χ1v) is 6.15. The van der Waals surface area contributed by atoms with Crippen LogP contribution < -0.4 is 11.2 Å². The SMILES string of the molecule is CCCCOC(=O)[C@@H](N)CC(=O)NOC(C)(C)C. The van der Waals surface area contributed by atoms with Crippen molar-refractivity contribution in [3.8, 4) is 0 Å². The van der Waals surface area contributed by atoms with Crippen molar-refractivity contribution in [2.75, 3.05) is 6.61 Å². The summed E-state index contributed by atoms with van der Waals surface area (Å²) in [6.45, 7) is 7.72. The molecule has 1 amide bonds. The van der Waals surface area contributed by atoms with Gasteiger partial charge in [0.2, 0.25) is 5.91 Å². The minimum Gasteiger partial charge on any atom is -0.465 e.